The van der Waals surface area contributed by atoms with Crippen LogP contribution in [0.2, 0.25) is 5.02 Å². The molecule has 32 heavy (non-hydrogen) atoms. The van der Waals surface area contributed by atoms with Crippen LogP contribution in [0.5, 0.6) is 0 Å². The fourth-order valence-corrected chi connectivity index (χ4v) is 5.28. The zero-order valence-electron chi connectivity index (χ0n) is 18.3. The molecule has 0 radical (unpaired) electrons. The van der Waals surface area contributed by atoms with Gasteiger partial charge < -0.3 is 14.5 Å². The van der Waals surface area contributed by atoms with E-state index in [1.807, 2.05) is 36.1 Å². The fraction of sp³-hybridized carbons (Fsp3) is 0.565. The highest BCUT2D eigenvalue weighted by Gasteiger charge is 2.34. The van der Waals surface area contributed by atoms with E-state index in [0.717, 1.165) is 40.9 Å². The van der Waals surface area contributed by atoms with Crippen LogP contribution in [0, 0.1) is 11.8 Å². The van der Waals surface area contributed by atoms with Gasteiger partial charge in [-0.1, -0.05) is 23.7 Å². The van der Waals surface area contributed by atoms with Crippen molar-refractivity contribution in [3.05, 3.63) is 40.7 Å². The molecule has 1 unspecified atom stereocenters. The van der Waals surface area contributed by atoms with Crippen molar-refractivity contribution >= 4 is 40.1 Å². The molecule has 4 rings (SSSR count). The summed E-state index contributed by atoms with van der Waals surface area (Å²) in [6.07, 6.45) is 3.89. The summed E-state index contributed by atoms with van der Waals surface area (Å²) in [5.41, 5.74) is 1.12. The van der Waals surface area contributed by atoms with Gasteiger partial charge in [-0.2, -0.15) is 4.37 Å². The maximum atomic E-state index is 13.1. The summed E-state index contributed by atoms with van der Waals surface area (Å²) in [4.78, 5) is 34.0. The van der Waals surface area contributed by atoms with E-state index in [1.165, 1.54) is 11.5 Å². The number of halogens is 1. The van der Waals surface area contributed by atoms with Crippen LogP contribution in [0.25, 0.3) is 0 Å². The molecule has 1 aromatic carbocycles. The van der Waals surface area contributed by atoms with E-state index in [9.17, 15) is 9.59 Å². The first-order valence-corrected chi connectivity index (χ1v) is 12.5. The SMILES string of the molecule is CCOC(=O)C1CCN(C(=O)C2CCCN(c3nc(Cc4ccc(Cl)cc4)ns3)C2)CC1. The molecule has 2 aliphatic rings. The third-order valence-corrected chi connectivity index (χ3v) is 7.27. The molecule has 172 valence electrons. The van der Waals surface area contributed by atoms with Gasteiger partial charge in [0, 0.05) is 49.2 Å². The summed E-state index contributed by atoms with van der Waals surface area (Å²) < 4.78 is 9.66. The van der Waals surface area contributed by atoms with E-state index in [2.05, 4.69) is 9.27 Å². The molecular formula is C23H29ClN4O3S. The van der Waals surface area contributed by atoms with Crippen LogP contribution in [0.3, 0.4) is 0 Å². The van der Waals surface area contributed by atoms with Crippen LogP contribution in [-0.2, 0) is 20.7 Å². The molecule has 0 N–H and O–H groups in total. The van der Waals surface area contributed by atoms with Gasteiger partial charge in [-0.3, -0.25) is 9.59 Å². The standard InChI is InChI=1S/C23H29ClN4O3S/c1-2-31-22(30)17-9-12-27(13-10-17)21(29)18-4-3-11-28(15-18)23-25-20(26-32-23)14-16-5-7-19(24)8-6-16/h5-8,17-18H,2-4,9-15H2,1H3. The number of carbonyl (C=O) groups excluding carboxylic acids is 2. The van der Waals surface area contributed by atoms with Crippen molar-refractivity contribution in [2.45, 2.75) is 39.0 Å². The number of amides is 1. The largest absolute Gasteiger partial charge is 0.466 e. The highest BCUT2D eigenvalue weighted by atomic mass is 35.5. The van der Waals surface area contributed by atoms with Crippen molar-refractivity contribution in [2.75, 3.05) is 37.7 Å². The monoisotopic (exact) mass is 476 g/mol. The zero-order valence-corrected chi connectivity index (χ0v) is 19.9. The summed E-state index contributed by atoms with van der Waals surface area (Å²) in [5, 5.41) is 1.60. The minimum atomic E-state index is -0.130. The number of piperidine rings is 2. The van der Waals surface area contributed by atoms with Crippen molar-refractivity contribution in [2.24, 2.45) is 11.8 Å². The Labute approximate surface area is 197 Å². The number of esters is 1. The van der Waals surface area contributed by atoms with Crippen LogP contribution in [0.1, 0.15) is 44.0 Å². The van der Waals surface area contributed by atoms with Crippen LogP contribution in [-0.4, -0.2) is 58.9 Å². The van der Waals surface area contributed by atoms with Crippen molar-refractivity contribution < 1.29 is 14.3 Å². The lowest BCUT2D eigenvalue weighted by atomic mass is 9.93. The summed E-state index contributed by atoms with van der Waals surface area (Å²) in [7, 11) is 0. The summed E-state index contributed by atoms with van der Waals surface area (Å²) in [6, 6.07) is 7.73. The van der Waals surface area contributed by atoms with Gasteiger partial charge in [0.15, 0.2) is 0 Å². The minimum Gasteiger partial charge on any atom is -0.466 e. The number of anilines is 1. The summed E-state index contributed by atoms with van der Waals surface area (Å²) in [5.74, 6) is 0.743. The third-order valence-electron chi connectivity index (χ3n) is 6.20. The molecule has 2 aliphatic heterocycles. The predicted octanol–water partition coefficient (Wildman–Crippen LogP) is 3.80. The number of rotatable bonds is 6. The number of likely N-dealkylation sites (tertiary alicyclic amines) is 1. The molecule has 2 fully saturated rings. The molecule has 1 atom stereocenters. The minimum absolute atomic E-state index is 0.0356. The molecule has 2 aromatic rings. The molecule has 0 bridgehead atoms. The Bertz CT molecular complexity index is 928. The van der Waals surface area contributed by atoms with Gasteiger partial charge in [0.1, 0.15) is 5.82 Å². The van der Waals surface area contributed by atoms with E-state index >= 15 is 0 Å². The van der Waals surface area contributed by atoms with Crippen LogP contribution < -0.4 is 4.90 Å². The molecule has 9 heteroatoms. The lowest BCUT2D eigenvalue weighted by molar-refractivity contribution is -0.151. The molecule has 2 saturated heterocycles. The molecule has 0 saturated carbocycles. The molecule has 1 amide bonds. The Morgan fingerprint density at radius 2 is 1.88 bits per heavy atom. The zero-order chi connectivity index (χ0) is 22.5. The van der Waals surface area contributed by atoms with Gasteiger partial charge in [-0.05, 0) is 50.3 Å². The van der Waals surface area contributed by atoms with Gasteiger partial charge in [0.25, 0.3) is 0 Å². The first-order chi connectivity index (χ1) is 15.5. The van der Waals surface area contributed by atoms with Crippen LogP contribution in [0.15, 0.2) is 24.3 Å². The van der Waals surface area contributed by atoms with E-state index in [0.29, 0.717) is 45.5 Å². The van der Waals surface area contributed by atoms with Crippen molar-refractivity contribution in [3.63, 3.8) is 0 Å². The number of nitrogens with zero attached hydrogens (tertiary/aromatic N) is 4. The average molecular weight is 477 g/mol. The maximum absolute atomic E-state index is 13.1. The maximum Gasteiger partial charge on any atom is 0.309 e. The number of hydrogen-bond acceptors (Lipinski definition) is 7. The Hall–Kier alpha value is -2.19. The predicted molar refractivity (Wildman–Crippen MR) is 125 cm³/mol. The lowest BCUT2D eigenvalue weighted by Gasteiger charge is -2.37. The van der Waals surface area contributed by atoms with E-state index in [1.54, 1.807) is 0 Å². The lowest BCUT2D eigenvalue weighted by Crippen LogP contribution is -2.48. The Morgan fingerprint density at radius 3 is 2.59 bits per heavy atom. The van der Waals surface area contributed by atoms with Crippen LogP contribution >= 0.6 is 23.1 Å². The van der Waals surface area contributed by atoms with Gasteiger partial charge in [0.2, 0.25) is 11.0 Å². The molecule has 1 aromatic heterocycles. The first kappa shape index (κ1) is 23.0. The smallest absolute Gasteiger partial charge is 0.309 e. The highest BCUT2D eigenvalue weighted by molar-refractivity contribution is 7.09. The summed E-state index contributed by atoms with van der Waals surface area (Å²) in [6.45, 7) is 5.05. The topological polar surface area (TPSA) is 75.6 Å². The second-order valence-corrected chi connectivity index (χ2v) is 9.60. The fourth-order valence-electron chi connectivity index (χ4n) is 4.44. The highest BCUT2D eigenvalue weighted by Crippen LogP contribution is 2.28. The van der Waals surface area contributed by atoms with E-state index in [-0.39, 0.29) is 23.7 Å². The number of hydrogen-bond donors (Lipinski definition) is 0. The molecule has 3 heterocycles. The Balaban J connectivity index is 1.32. The van der Waals surface area contributed by atoms with Gasteiger partial charge in [-0.15, -0.1) is 0 Å². The molecular weight excluding hydrogens is 448 g/mol. The van der Waals surface area contributed by atoms with E-state index in [4.69, 9.17) is 21.3 Å². The van der Waals surface area contributed by atoms with Gasteiger partial charge >= 0.3 is 5.97 Å². The van der Waals surface area contributed by atoms with Crippen LogP contribution in [0.4, 0.5) is 5.13 Å². The Morgan fingerprint density at radius 1 is 1.12 bits per heavy atom. The van der Waals surface area contributed by atoms with Crippen molar-refractivity contribution in [3.8, 4) is 0 Å². The first-order valence-electron chi connectivity index (χ1n) is 11.3. The second-order valence-electron chi connectivity index (χ2n) is 8.43. The van der Waals surface area contributed by atoms with Crippen molar-refractivity contribution in [1.29, 1.82) is 0 Å². The second kappa shape index (κ2) is 10.6. The number of aromatic nitrogens is 2. The average Bonchev–Trinajstić information content (AvgIpc) is 3.29. The normalized spacial score (nSPS) is 19.8. The molecule has 7 nitrogen and oxygen atoms in total. The van der Waals surface area contributed by atoms with E-state index < -0.39 is 0 Å². The molecule has 0 spiro atoms. The number of ether oxygens (including phenoxy) is 1. The number of carbonyl (C=O) groups is 2. The Kier molecular flexibility index (Phi) is 7.63. The van der Waals surface area contributed by atoms with Gasteiger partial charge in [-0.25, -0.2) is 4.98 Å². The third kappa shape index (κ3) is 5.59. The van der Waals surface area contributed by atoms with Crippen molar-refractivity contribution in [1.82, 2.24) is 14.3 Å². The molecule has 0 aliphatic carbocycles. The summed E-state index contributed by atoms with van der Waals surface area (Å²) >= 11 is 7.36. The number of benzene rings is 1. The quantitative estimate of drug-likeness (QED) is 0.590. The van der Waals surface area contributed by atoms with Gasteiger partial charge in [0.05, 0.1) is 18.4 Å².